The summed E-state index contributed by atoms with van der Waals surface area (Å²) in [6.07, 6.45) is -4.34. The molecule has 0 spiro atoms. The molecular formula is C8H13F3O. The minimum atomic E-state index is -4.45. The summed E-state index contributed by atoms with van der Waals surface area (Å²) < 4.78 is 36.3. The number of hydrogen-bond acceptors (Lipinski definition) is 1. The van der Waals surface area contributed by atoms with E-state index in [1.54, 1.807) is 6.92 Å². The van der Waals surface area contributed by atoms with Crippen molar-refractivity contribution in [2.45, 2.75) is 44.9 Å². The second kappa shape index (κ2) is 2.91. The first kappa shape index (κ1) is 9.84. The lowest BCUT2D eigenvalue weighted by Crippen LogP contribution is -2.49. The maximum absolute atomic E-state index is 12.1. The number of aliphatic hydroxyl groups excluding tert-OH is 1. The molecular weight excluding hydrogens is 169 g/mol. The van der Waals surface area contributed by atoms with Gasteiger partial charge in [-0.2, -0.15) is 13.2 Å². The summed E-state index contributed by atoms with van der Waals surface area (Å²) in [6, 6.07) is 0. The molecule has 1 aliphatic carbocycles. The maximum Gasteiger partial charge on any atom is 0.414 e. The second-order valence-electron chi connectivity index (χ2n) is 3.51. The Bertz CT molecular complexity index is 155. The Labute approximate surface area is 69.6 Å². The van der Waals surface area contributed by atoms with Crippen molar-refractivity contribution in [1.29, 1.82) is 0 Å². The van der Waals surface area contributed by atoms with Crippen molar-refractivity contribution in [1.82, 2.24) is 0 Å². The third kappa shape index (κ3) is 1.44. The predicted octanol–water partition coefficient (Wildman–Crippen LogP) is 2.49. The molecule has 4 heteroatoms. The normalized spacial score (nSPS) is 24.8. The SMILES string of the molecule is CCC1([C@H](O)C(F)(F)F)CCC1. The van der Waals surface area contributed by atoms with Gasteiger partial charge in [0.15, 0.2) is 6.10 Å². The Morgan fingerprint density at radius 2 is 1.92 bits per heavy atom. The lowest BCUT2D eigenvalue weighted by Gasteiger charge is -2.45. The number of halogens is 3. The highest BCUT2D eigenvalue weighted by Crippen LogP contribution is 2.50. The van der Waals surface area contributed by atoms with Gasteiger partial charge < -0.3 is 5.11 Å². The van der Waals surface area contributed by atoms with Crippen LogP contribution < -0.4 is 0 Å². The summed E-state index contributed by atoms with van der Waals surface area (Å²) in [5.74, 6) is 0. The highest BCUT2D eigenvalue weighted by molar-refractivity contribution is 4.95. The molecule has 1 fully saturated rings. The number of hydrogen-bond donors (Lipinski definition) is 1. The Kier molecular flexibility index (Phi) is 2.38. The molecule has 1 N–H and O–H groups in total. The van der Waals surface area contributed by atoms with Crippen LogP contribution in [0.3, 0.4) is 0 Å². The van der Waals surface area contributed by atoms with Crippen molar-refractivity contribution >= 4 is 0 Å². The van der Waals surface area contributed by atoms with Crippen LogP contribution in [0.1, 0.15) is 32.6 Å². The van der Waals surface area contributed by atoms with Gasteiger partial charge in [0, 0.05) is 5.41 Å². The van der Waals surface area contributed by atoms with E-state index in [0.29, 0.717) is 19.3 Å². The first-order valence-electron chi connectivity index (χ1n) is 4.17. The van der Waals surface area contributed by atoms with Crippen LogP contribution in [0.5, 0.6) is 0 Å². The fourth-order valence-corrected chi connectivity index (χ4v) is 1.80. The van der Waals surface area contributed by atoms with Gasteiger partial charge in [0.25, 0.3) is 0 Å². The highest BCUT2D eigenvalue weighted by Gasteiger charge is 2.54. The molecule has 0 aliphatic heterocycles. The summed E-state index contributed by atoms with van der Waals surface area (Å²) in [4.78, 5) is 0. The van der Waals surface area contributed by atoms with Crippen LogP contribution in [0, 0.1) is 5.41 Å². The van der Waals surface area contributed by atoms with Crippen LogP contribution in [0.2, 0.25) is 0 Å². The minimum absolute atomic E-state index is 0.410. The van der Waals surface area contributed by atoms with Gasteiger partial charge >= 0.3 is 6.18 Å². The van der Waals surface area contributed by atoms with Crippen molar-refractivity contribution < 1.29 is 18.3 Å². The standard InChI is InChI=1S/C8H13F3O/c1-2-7(4-3-5-7)6(12)8(9,10)11/h6,12H,2-5H2,1H3/t6-/m0/s1. The average Bonchev–Trinajstić information content (AvgIpc) is 1.84. The van der Waals surface area contributed by atoms with Crippen molar-refractivity contribution in [2.24, 2.45) is 5.41 Å². The van der Waals surface area contributed by atoms with Crippen LogP contribution in [-0.2, 0) is 0 Å². The molecule has 1 aliphatic rings. The largest absolute Gasteiger partial charge is 0.414 e. The van der Waals surface area contributed by atoms with Crippen LogP contribution in [0.4, 0.5) is 13.2 Å². The van der Waals surface area contributed by atoms with Gasteiger partial charge in [-0.15, -0.1) is 0 Å². The first-order valence-corrected chi connectivity index (χ1v) is 4.17. The zero-order valence-electron chi connectivity index (χ0n) is 6.99. The van der Waals surface area contributed by atoms with E-state index in [1.807, 2.05) is 0 Å². The number of aliphatic hydroxyl groups is 1. The summed E-state index contributed by atoms with van der Waals surface area (Å²) in [5.41, 5.74) is -0.863. The van der Waals surface area contributed by atoms with Crippen molar-refractivity contribution in [3.05, 3.63) is 0 Å². The predicted molar refractivity (Wildman–Crippen MR) is 38.6 cm³/mol. The zero-order valence-corrected chi connectivity index (χ0v) is 6.99. The number of alkyl halides is 3. The summed E-state index contributed by atoms with van der Waals surface area (Å²) in [5, 5.41) is 9.03. The molecule has 1 saturated carbocycles. The van der Waals surface area contributed by atoms with Gasteiger partial charge in [-0.1, -0.05) is 13.3 Å². The molecule has 0 amide bonds. The molecule has 0 heterocycles. The van der Waals surface area contributed by atoms with Gasteiger partial charge in [0.1, 0.15) is 0 Å². The fraction of sp³-hybridized carbons (Fsp3) is 1.00. The fourth-order valence-electron chi connectivity index (χ4n) is 1.80. The zero-order chi connectivity index (χ0) is 9.41. The van der Waals surface area contributed by atoms with E-state index < -0.39 is 17.7 Å². The van der Waals surface area contributed by atoms with E-state index in [-0.39, 0.29) is 0 Å². The van der Waals surface area contributed by atoms with Gasteiger partial charge in [-0.3, -0.25) is 0 Å². The summed E-state index contributed by atoms with van der Waals surface area (Å²) in [7, 11) is 0. The second-order valence-corrected chi connectivity index (χ2v) is 3.51. The molecule has 0 aromatic carbocycles. The summed E-state index contributed by atoms with van der Waals surface area (Å²) in [6.45, 7) is 1.70. The topological polar surface area (TPSA) is 20.2 Å². The average molecular weight is 182 g/mol. The monoisotopic (exact) mass is 182 g/mol. The molecule has 0 bridgehead atoms. The molecule has 72 valence electrons. The van der Waals surface area contributed by atoms with E-state index in [9.17, 15) is 13.2 Å². The van der Waals surface area contributed by atoms with Crippen molar-refractivity contribution in [2.75, 3.05) is 0 Å². The number of rotatable bonds is 2. The smallest absolute Gasteiger partial charge is 0.383 e. The van der Waals surface area contributed by atoms with E-state index in [4.69, 9.17) is 5.11 Å². The van der Waals surface area contributed by atoms with Gasteiger partial charge in [0.05, 0.1) is 0 Å². The van der Waals surface area contributed by atoms with Gasteiger partial charge in [-0.05, 0) is 19.3 Å². The molecule has 0 aromatic rings. The molecule has 0 radical (unpaired) electrons. The Hall–Kier alpha value is -0.250. The van der Waals surface area contributed by atoms with Gasteiger partial charge in [0.2, 0.25) is 0 Å². The quantitative estimate of drug-likeness (QED) is 0.695. The molecule has 12 heavy (non-hydrogen) atoms. The summed E-state index contributed by atoms with van der Waals surface area (Å²) >= 11 is 0. The van der Waals surface area contributed by atoms with Crippen LogP contribution in [0.15, 0.2) is 0 Å². The Morgan fingerprint density at radius 1 is 1.42 bits per heavy atom. The van der Waals surface area contributed by atoms with Crippen LogP contribution >= 0.6 is 0 Å². The third-order valence-corrected chi connectivity index (χ3v) is 2.94. The molecule has 0 saturated heterocycles. The van der Waals surface area contributed by atoms with Crippen molar-refractivity contribution in [3.63, 3.8) is 0 Å². The van der Waals surface area contributed by atoms with Crippen LogP contribution in [-0.4, -0.2) is 17.4 Å². The van der Waals surface area contributed by atoms with E-state index in [0.717, 1.165) is 6.42 Å². The van der Waals surface area contributed by atoms with Crippen molar-refractivity contribution in [3.8, 4) is 0 Å². The lowest BCUT2D eigenvalue weighted by molar-refractivity contribution is -0.252. The maximum atomic E-state index is 12.1. The third-order valence-electron chi connectivity index (χ3n) is 2.94. The first-order chi connectivity index (χ1) is 5.42. The van der Waals surface area contributed by atoms with E-state index in [1.165, 1.54) is 0 Å². The Balaban J connectivity index is 2.67. The molecule has 0 aromatic heterocycles. The molecule has 0 unspecified atom stereocenters. The highest BCUT2D eigenvalue weighted by atomic mass is 19.4. The Morgan fingerprint density at radius 3 is 2.00 bits per heavy atom. The van der Waals surface area contributed by atoms with Gasteiger partial charge in [-0.25, -0.2) is 0 Å². The van der Waals surface area contributed by atoms with E-state index in [2.05, 4.69) is 0 Å². The van der Waals surface area contributed by atoms with Crippen LogP contribution in [0.25, 0.3) is 0 Å². The van der Waals surface area contributed by atoms with E-state index >= 15 is 0 Å². The minimum Gasteiger partial charge on any atom is -0.383 e. The molecule has 1 rings (SSSR count). The molecule has 1 atom stereocenters. The lowest BCUT2D eigenvalue weighted by atomic mass is 9.63. The molecule has 1 nitrogen and oxygen atoms in total.